The monoisotopic (exact) mass is 260 g/mol. The van der Waals surface area contributed by atoms with Gasteiger partial charge >= 0.3 is 0 Å². The number of rotatable bonds is 5. The molecule has 19 heavy (non-hydrogen) atoms. The van der Waals surface area contributed by atoms with Gasteiger partial charge in [-0.3, -0.25) is 5.10 Å². The number of H-pyrrole nitrogens is 1. The number of aromatic nitrogens is 2. The van der Waals surface area contributed by atoms with Crippen LogP contribution in [0.3, 0.4) is 0 Å². The van der Waals surface area contributed by atoms with E-state index in [1.165, 1.54) is 0 Å². The normalized spacial score (nSPS) is 12.4. The molecule has 1 heterocycles. The molecule has 0 aliphatic carbocycles. The number of ether oxygens (including phenoxy) is 1. The number of aliphatic hydroxyl groups is 1. The summed E-state index contributed by atoms with van der Waals surface area (Å²) in [5.74, 6) is 0.830. The fourth-order valence-electron chi connectivity index (χ4n) is 2.12. The van der Waals surface area contributed by atoms with Gasteiger partial charge in [0.1, 0.15) is 17.5 Å². The summed E-state index contributed by atoms with van der Waals surface area (Å²) in [6.45, 7) is 5.96. The van der Waals surface area contributed by atoms with Gasteiger partial charge in [0.25, 0.3) is 0 Å². The van der Waals surface area contributed by atoms with Gasteiger partial charge in [0.15, 0.2) is 0 Å². The zero-order valence-corrected chi connectivity index (χ0v) is 11.6. The number of aromatic amines is 1. The molecule has 0 saturated carbocycles. The predicted octanol–water partition coefficient (Wildman–Crippen LogP) is 3.05. The van der Waals surface area contributed by atoms with Crippen molar-refractivity contribution in [2.24, 2.45) is 0 Å². The van der Waals surface area contributed by atoms with Gasteiger partial charge in [-0.25, -0.2) is 0 Å². The van der Waals surface area contributed by atoms with E-state index in [0.29, 0.717) is 0 Å². The van der Waals surface area contributed by atoms with E-state index in [2.05, 4.69) is 10.2 Å². The third-order valence-electron chi connectivity index (χ3n) is 3.21. The fourth-order valence-corrected chi connectivity index (χ4v) is 2.12. The number of nitrogens with one attached hydrogen (secondary N) is 1. The summed E-state index contributed by atoms with van der Waals surface area (Å²) in [5, 5.41) is 16.6. The van der Waals surface area contributed by atoms with Crippen molar-refractivity contribution in [3.8, 4) is 5.75 Å². The van der Waals surface area contributed by atoms with Crippen LogP contribution >= 0.6 is 0 Å². The summed E-state index contributed by atoms with van der Waals surface area (Å²) in [7, 11) is 0. The van der Waals surface area contributed by atoms with E-state index in [9.17, 15) is 5.11 Å². The Hall–Kier alpha value is -1.81. The molecule has 4 heteroatoms. The van der Waals surface area contributed by atoms with Crippen molar-refractivity contribution in [1.82, 2.24) is 10.2 Å². The lowest BCUT2D eigenvalue weighted by atomic mass is 10.1. The molecule has 0 bridgehead atoms. The molecule has 0 fully saturated rings. The van der Waals surface area contributed by atoms with Crippen LogP contribution in [0.5, 0.6) is 5.75 Å². The van der Waals surface area contributed by atoms with Crippen molar-refractivity contribution in [2.45, 2.75) is 39.9 Å². The number of aliphatic hydroxyl groups excluding tert-OH is 1. The number of nitrogens with zero attached hydrogens (tertiary/aromatic N) is 1. The molecule has 2 aromatic rings. The summed E-state index contributed by atoms with van der Waals surface area (Å²) >= 11 is 0. The Morgan fingerprint density at radius 1 is 1.37 bits per heavy atom. The molecule has 0 amide bonds. The Balaban J connectivity index is 2.25. The highest BCUT2D eigenvalue weighted by Crippen LogP contribution is 2.27. The second kappa shape index (κ2) is 5.89. The lowest BCUT2D eigenvalue weighted by Crippen LogP contribution is -2.09. The quantitative estimate of drug-likeness (QED) is 0.868. The molecule has 0 saturated heterocycles. The molecule has 1 aromatic carbocycles. The van der Waals surface area contributed by atoms with Gasteiger partial charge < -0.3 is 9.84 Å². The van der Waals surface area contributed by atoms with Gasteiger partial charge in [0, 0.05) is 11.3 Å². The van der Waals surface area contributed by atoms with Crippen molar-refractivity contribution in [1.29, 1.82) is 0 Å². The van der Waals surface area contributed by atoms with E-state index < -0.39 is 0 Å². The van der Waals surface area contributed by atoms with Gasteiger partial charge in [-0.1, -0.05) is 19.1 Å². The molecule has 2 N–H and O–H groups in total. The third kappa shape index (κ3) is 2.96. The van der Waals surface area contributed by atoms with E-state index in [4.69, 9.17) is 4.74 Å². The first-order chi connectivity index (χ1) is 9.15. The van der Waals surface area contributed by atoms with Crippen LogP contribution in [0.1, 0.15) is 42.0 Å². The summed E-state index contributed by atoms with van der Waals surface area (Å²) in [6.07, 6.45) is 0.652. The number of hydrogen-bond donors (Lipinski definition) is 2. The van der Waals surface area contributed by atoms with Crippen LogP contribution in [0.4, 0.5) is 0 Å². The van der Waals surface area contributed by atoms with E-state index in [-0.39, 0.29) is 12.7 Å². The molecule has 2 rings (SSSR count). The topological polar surface area (TPSA) is 58.1 Å². The SMILES string of the molecule is CCC(Oc1cccc(C)c1)c1n[nH]c(C)c1CO. The summed E-state index contributed by atoms with van der Waals surface area (Å²) in [6, 6.07) is 7.94. The maximum absolute atomic E-state index is 9.43. The number of aryl methyl sites for hydroxylation is 2. The van der Waals surface area contributed by atoms with Crippen LogP contribution < -0.4 is 4.74 Å². The van der Waals surface area contributed by atoms with Crippen LogP contribution in [-0.4, -0.2) is 15.3 Å². The number of benzene rings is 1. The molecular formula is C15H20N2O2. The average Bonchev–Trinajstić information content (AvgIpc) is 2.77. The van der Waals surface area contributed by atoms with Gasteiger partial charge in [-0.2, -0.15) is 5.10 Å². The lowest BCUT2D eigenvalue weighted by Gasteiger charge is -2.17. The largest absolute Gasteiger partial charge is 0.484 e. The summed E-state index contributed by atoms with van der Waals surface area (Å²) in [4.78, 5) is 0. The van der Waals surface area contributed by atoms with Crippen LogP contribution in [0.25, 0.3) is 0 Å². The Bertz CT molecular complexity index is 549. The van der Waals surface area contributed by atoms with E-state index >= 15 is 0 Å². The second-order valence-electron chi connectivity index (χ2n) is 4.70. The van der Waals surface area contributed by atoms with E-state index in [1.54, 1.807) is 0 Å². The maximum Gasteiger partial charge on any atom is 0.142 e. The van der Waals surface area contributed by atoms with Crippen LogP contribution in [0.15, 0.2) is 24.3 Å². The molecule has 1 unspecified atom stereocenters. The first-order valence-corrected chi connectivity index (χ1v) is 6.53. The molecule has 0 radical (unpaired) electrons. The summed E-state index contributed by atoms with van der Waals surface area (Å²) < 4.78 is 5.99. The van der Waals surface area contributed by atoms with E-state index in [1.807, 2.05) is 45.0 Å². The molecule has 0 spiro atoms. The highest BCUT2D eigenvalue weighted by molar-refractivity contribution is 5.30. The van der Waals surface area contributed by atoms with Gasteiger partial charge in [-0.05, 0) is 38.0 Å². The zero-order valence-electron chi connectivity index (χ0n) is 11.6. The van der Waals surface area contributed by atoms with Gasteiger partial charge in [0.2, 0.25) is 0 Å². The first kappa shape index (κ1) is 13.6. The van der Waals surface area contributed by atoms with Crippen LogP contribution in [0, 0.1) is 13.8 Å². The zero-order chi connectivity index (χ0) is 13.8. The molecular weight excluding hydrogens is 240 g/mol. The Morgan fingerprint density at radius 2 is 2.16 bits per heavy atom. The molecule has 4 nitrogen and oxygen atoms in total. The second-order valence-corrected chi connectivity index (χ2v) is 4.70. The van der Waals surface area contributed by atoms with Crippen molar-refractivity contribution >= 4 is 0 Å². The standard InChI is InChI=1S/C15H20N2O2/c1-4-14(15-13(9-18)11(3)16-17-15)19-12-7-5-6-10(2)8-12/h5-8,14,18H,4,9H2,1-3H3,(H,16,17). The Labute approximate surface area is 113 Å². The van der Waals surface area contributed by atoms with Gasteiger partial charge in [0.05, 0.1) is 6.61 Å². The number of hydrogen-bond acceptors (Lipinski definition) is 3. The molecule has 102 valence electrons. The molecule has 0 aliphatic rings. The maximum atomic E-state index is 9.43. The minimum Gasteiger partial charge on any atom is -0.484 e. The van der Waals surface area contributed by atoms with Gasteiger partial charge in [-0.15, -0.1) is 0 Å². The fraction of sp³-hybridized carbons (Fsp3) is 0.400. The summed E-state index contributed by atoms with van der Waals surface area (Å²) in [5.41, 5.74) is 3.68. The third-order valence-corrected chi connectivity index (χ3v) is 3.21. The van der Waals surface area contributed by atoms with Crippen molar-refractivity contribution in [2.75, 3.05) is 0 Å². The van der Waals surface area contributed by atoms with Crippen LogP contribution in [-0.2, 0) is 6.61 Å². The minimum absolute atomic E-state index is 0.0225. The molecule has 1 atom stereocenters. The minimum atomic E-state index is -0.145. The smallest absolute Gasteiger partial charge is 0.142 e. The van der Waals surface area contributed by atoms with E-state index in [0.717, 1.165) is 34.7 Å². The Morgan fingerprint density at radius 3 is 2.79 bits per heavy atom. The lowest BCUT2D eigenvalue weighted by molar-refractivity contribution is 0.191. The highest BCUT2D eigenvalue weighted by atomic mass is 16.5. The predicted molar refractivity (Wildman–Crippen MR) is 74.1 cm³/mol. The molecule has 0 aliphatic heterocycles. The Kier molecular flexibility index (Phi) is 4.22. The van der Waals surface area contributed by atoms with Crippen LogP contribution in [0.2, 0.25) is 0 Å². The van der Waals surface area contributed by atoms with Crippen molar-refractivity contribution in [3.05, 3.63) is 46.8 Å². The molecule has 1 aromatic heterocycles. The first-order valence-electron chi connectivity index (χ1n) is 6.53. The average molecular weight is 260 g/mol. The van der Waals surface area contributed by atoms with Crippen molar-refractivity contribution < 1.29 is 9.84 Å². The van der Waals surface area contributed by atoms with Crippen molar-refractivity contribution in [3.63, 3.8) is 0 Å². The highest BCUT2D eigenvalue weighted by Gasteiger charge is 2.20.